The van der Waals surface area contributed by atoms with Crippen LogP contribution in [0.15, 0.2) is 70.0 Å². The van der Waals surface area contributed by atoms with Gasteiger partial charge < -0.3 is 4.42 Å². The van der Waals surface area contributed by atoms with Crippen molar-refractivity contribution in [3.63, 3.8) is 0 Å². The Morgan fingerprint density at radius 1 is 1.04 bits per heavy atom. The maximum Gasteiger partial charge on any atom is 0.266 e. The van der Waals surface area contributed by atoms with E-state index in [0.717, 1.165) is 11.3 Å². The molecule has 1 aliphatic heterocycles. The Morgan fingerprint density at radius 2 is 1.81 bits per heavy atom. The molecule has 1 aliphatic rings. The van der Waals surface area contributed by atoms with Gasteiger partial charge in [0.05, 0.1) is 15.0 Å². The summed E-state index contributed by atoms with van der Waals surface area (Å²) in [6.07, 6.45) is 1.74. The average molecular weight is 434 g/mol. The molecule has 2 aromatic carbocycles. The third-order valence-electron chi connectivity index (χ3n) is 4.02. The quantitative estimate of drug-likeness (QED) is 0.373. The van der Waals surface area contributed by atoms with Crippen LogP contribution in [0.25, 0.3) is 17.4 Å². The normalized spacial score (nSPS) is 18.5. The monoisotopic (exact) mass is 433 g/mol. The van der Waals surface area contributed by atoms with Crippen molar-refractivity contribution >= 4 is 65.3 Å². The molecule has 1 fully saturated rings. The molecule has 3 aromatic rings. The smallest absolute Gasteiger partial charge is 0.266 e. The number of hydrogen-bond donors (Lipinski definition) is 1. The van der Waals surface area contributed by atoms with E-state index in [1.165, 1.54) is 11.8 Å². The number of para-hydroxylation sites is 1. The lowest BCUT2D eigenvalue weighted by Crippen LogP contribution is -2.28. The number of thiol groups is 1. The highest BCUT2D eigenvalue weighted by Gasteiger charge is 2.35. The molecule has 0 bridgehead atoms. The molecule has 27 heavy (non-hydrogen) atoms. The van der Waals surface area contributed by atoms with E-state index >= 15 is 0 Å². The first-order chi connectivity index (χ1) is 13.0. The molecular formula is C20H13Cl2NO2S2. The molecule has 136 valence electrons. The van der Waals surface area contributed by atoms with E-state index in [1.54, 1.807) is 23.1 Å². The minimum absolute atomic E-state index is 0.0984. The fourth-order valence-corrected chi connectivity index (χ4v) is 4.54. The van der Waals surface area contributed by atoms with Crippen molar-refractivity contribution in [1.82, 2.24) is 0 Å². The summed E-state index contributed by atoms with van der Waals surface area (Å²) in [7, 11) is 0. The summed E-state index contributed by atoms with van der Waals surface area (Å²) in [4.78, 5) is 15.0. The second-order valence-corrected chi connectivity index (χ2v) is 8.57. The van der Waals surface area contributed by atoms with Crippen LogP contribution >= 0.6 is 47.6 Å². The first kappa shape index (κ1) is 18.6. The Morgan fingerprint density at radius 3 is 2.56 bits per heavy atom. The van der Waals surface area contributed by atoms with E-state index in [9.17, 15) is 4.79 Å². The molecule has 0 N–H and O–H groups in total. The van der Waals surface area contributed by atoms with Crippen LogP contribution < -0.4 is 4.90 Å². The van der Waals surface area contributed by atoms with Gasteiger partial charge in [0.1, 0.15) is 16.2 Å². The van der Waals surface area contributed by atoms with E-state index in [2.05, 4.69) is 12.6 Å². The number of carbonyl (C=O) groups is 1. The van der Waals surface area contributed by atoms with Crippen LogP contribution in [0.5, 0.6) is 0 Å². The molecule has 0 aliphatic carbocycles. The van der Waals surface area contributed by atoms with Crippen LogP contribution in [0.1, 0.15) is 5.76 Å². The van der Waals surface area contributed by atoms with Crippen molar-refractivity contribution in [3.8, 4) is 11.3 Å². The molecule has 1 amide bonds. The average Bonchev–Trinajstić information content (AvgIpc) is 3.23. The number of amides is 1. The summed E-state index contributed by atoms with van der Waals surface area (Å²) in [5.74, 6) is 1.14. The number of thioether (sulfide) groups is 1. The molecular weight excluding hydrogens is 421 g/mol. The van der Waals surface area contributed by atoms with Crippen LogP contribution in [0.4, 0.5) is 5.69 Å². The van der Waals surface area contributed by atoms with E-state index in [0.29, 0.717) is 26.5 Å². The number of hydrogen-bond acceptors (Lipinski definition) is 4. The number of halogens is 2. The van der Waals surface area contributed by atoms with Gasteiger partial charge in [-0.05, 0) is 42.5 Å². The maximum atomic E-state index is 12.8. The first-order valence-corrected chi connectivity index (χ1v) is 10.2. The lowest BCUT2D eigenvalue weighted by molar-refractivity contribution is -0.114. The van der Waals surface area contributed by atoms with Gasteiger partial charge in [-0.1, -0.05) is 53.2 Å². The van der Waals surface area contributed by atoms with Gasteiger partial charge in [0.25, 0.3) is 5.91 Å². The zero-order valence-corrected chi connectivity index (χ0v) is 17.0. The van der Waals surface area contributed by atoms with Crippen molar-refractivity contribution in [2.45, 2.75) is 4.71 Å². The molecule has 1 unspecified atom stereocenters. The number of anilines is 1. The lowest BCUT2D eigenvalue weighted by Gasteiger charge is -2.18. The van der Waals surface area contributed by atoms with E-state index in [-0.39, 0.29) is 10.6 Å². The molecule has 4 rings (SSSR count). The van der Waals surface area contributed by atoms with E-state index < -0.39 is 0 Å². The molecule has 3 nitrogen and oxygen atoms in total. The van der Waals surface area contributed by atoms with Gasteiger partial charge in [-0.15, -0.1) is 12.6 Å². The zero-order chi connectivity index (χ0) is 19.0. The predicted molar refractivity (Wildman–Crippen MR) is 116 cm³/mol. The zero-order valence-electron chi connectivity index (χ0n) is 13.8. The number of carbonyl (C=O) groups excluding carboxylic acids is 1. The molecule has 1 atom stereocenters. The number of benzene rings is 2. The van der Waals surface area contributed by atoms with Crippen LogP contribution in [0.3, 0.4) is 0 Å². The van der Waals surface area contributed by atoms with Crippen molar-refractivity contribution in [1.29, 1.82) is 0 Å². The summed E-state index contributed by atoms with van der Waals surface area (Å²) >= 11 is 17.9. The SMILES string of the molecule is O=C1/C(=C\c2ccc(-c3ccc(Cl)c(Cl)c3)o2)SC(S)N1c1ccccc1. The Hall–Kier alpha value is -1.79. The number of rotatable bonds is 3. The fourth-order valence-electron chi connectivity index (χ4n) is 2.73. The molecule has 2 heterocycles. The Balaban J connectivity index is 1.60. The Labute approximate surface area is 176 Å². The highest BCUT2D eigenvalue weighted by molar-refractivity contribution is 8.14. The summed E-state index contributed by atoms with van der Waals surface area (Å²) in [5.41, 5.74) is 1.63. The second kappa shape index (κ2) is 7.68. The van der Waals surface area contributed by atoms with Crippen LogP contribution in [0, 0.1) is 0 Å². The van der Waals surface area contributed by atoms with Gasteiger partial charge in [-0.2, -0.15) is 0 Å². The Kier molecular flexibility index (Phi) is 5.28. The van der Waals surface area contributed by atoms with Crippen molar-refractivity contribution in [2.24, 2.45) is 0 Å². The van der Waals surface area contributed by atoms with Crippen LogP contribution in [-0.4, -0.2) is 10.6 Å². The summed E-state index contributed by atoms with van der Waals surface area (Å²) in [6, 6.07) is 18.4. The third kappa shape index (κ3) is 3.78. The van der Waals surface area contributed by atoms with Crippen molar-refractivity contribution < 1.29 is 9.21 Å². The summed E-state index contributed by atoms with van der Waals surface area (Å²) < 4.78 is 5.58. The Bertz CT molecular complexity index is 1030. The first-order valence-electron chi connectivity index (χ1n) is 8.03. The second-order valence-electron chi connectivity index (χ2n) is 5.79. The molecule has 1 saturated heterocycles. The molecule has 1 aromatic heterocycles. The van der Waals surface area contributed by atoms with E-state index in [1.807, 2.05) is 48.5 Å². The van der Waals surface area contributed by atoms with Crippen LogP contribution in [0.2, 0.25) is 10.0 Å². The molecule has 7 heteroatoms. The van der Waals surface area contributed by atoms with Gasteiger partial charge in [-0.25, -0.2) is 0 Å². The topological polar surface area (TPSA) is 33.5 Å². The maximum absolute atomic E-state index is 12.8. The van der Waals surface area contributed by atoms with Gasteiger partial charge >= 0.3 is 0 Å². The van der Waals surface area contributed by atoms with Gasteiger partial charge in [0.2, 0.25) is 0 Å². The largest absolute Gasteiger partial charge is 0.457 e. The minimum Gasteiger partial charge on any atom is -0.457 e. The van der Waals surface area contributed by atoms with Crippen LogP contribution in [-0.2, 0) is 4.79 Å². The third-order valence-corrected chi connectivity index (χ3v) is 6.28. The van der Waals surface area contributed by atoms with Crippen molar-refractivity contribution in [3.05, 3.63) is 81.4 Å². The molecule has 0 radical (unpaired) electrons. The lowest BCUT2D eigenvalue weighted by atomic mass is 10.2. The highest BCUT2D eigenvalue weighted by atomic mass is 35.5. The highest BCUT2D eigenvalue weighted by Crippen LogP contribution is 2.41. The minimum atomic E-state index is -0.282. The summed E-state index contributed by atoms with van der Waals surface area (Å²) in [5, 5.41) is 0.950. The standard InChI is InChI=1S/C20H13Cl2NO2S2/c21-15-8-6-12(10-16(15)22)17-9-7-14(25-17)11-18-19(24)23(20(26)27-18)13-4-2-1-3-5-13/h1-11,20,26H/b18-11+. The fraction of sp³-hybridized carbons (Fsp3) is 0.0500. The van der Waals surface area contributed by atoms with Gasteiger partial charge in [0, 0.05) is 17.3 Å². The van der Waals surface area contributed by atoms with Crippen molar-refractivity contribution in [2.75, 3.05) is 4.90 Å². The molecule has 0 spiro atoms. The van der Waals surface area contributed by atoms with Gasteiger partial charge in [-0.3, -0.25) is 9.69 Å². The van der Waals surface area contributed by atoms with E-state index in [4.69, 9.17) is 27.6 Å². The number of nitrogens with zero attached hydrogens (tertiary/aromatic N) is 1. The van der Waals surface area contributed by atoms with Gasteiger partial charge in [0.15, 0.2) is 0 Å². The number of furan rings is 1. The predicted octanol–water partition coefficient (Wildman–Crippen LogP) is 6.59. The molecule has 0 saturated carbocycles. The summed E-state index contributed by atoms with van der Waals surface area (Å²) in [6.45, 7) is 0.